The van der Waals surface area contributed by atoms with Gasteiger partial charge in [0, 0.05) is 6.42 Å². The van der Waals surface area contributed by atoms with E-state index < -0.39 is 9.96 Å². The van der Waals surface area contributed by atoms with Crippen LogP contribution in [0.5, 0.6) is 0 Å². The lowest BCUT2D eigenvalue weighted by molar-refractivity contribution is -0.122. The Balaban J connectivity index is 2.19. The molecule has 1 atom stereocenters. The highest BCUT2D eigenvalue weighted by molar-refractivity contribution is 7.80. The molecule has 9 heteroatoms. The fourth-order valence-electron chi connectivity index (χ4n) is 3.59. The van der Waals surface area contributed by atoms with Gasteiger partial charge in [-0.1, -0.05) is 143 Å². The molecule has 0 aromatic heterocycles. The maximum absolute atomic E-state index is 12.4. The van der Waals surface area contributed by atoms with E-state index in [0.29, 0.717) is 17.1 Å². The number of amides is 1. The van der Waals surface area contributed by atoms with Crippen molar-refractivity contribution >= 4 is 75.3 Å². The Morgan fingerprint density at radius 2 is 1.35 bits per heavy atom. The van der Waals surface area contributed by atoms with Crippen LogP contribution in [0.2, 0.25) is 5.02 Å². The number of halogens is 4. The molecule has 0 bridgehead atoms. The van der Waals surface area contributed by atoms with Crippen LogP contribution in [0, 0.1) is 0 Å². The molecular formula is C25H39Cl4N3OS. The number of thiocarbonyl (C=S) groups is 1. The van der Waals surface area contributed by atoms with Crippen LogP contribution in [0.4, 0.5) is 5.69 Å². The standard InChI is InChI=1S/C25H39Cl4N3OS/c1-2-3-4-5-6-7-8-9-10-11-12-13-14-19-22(33)31-23(25(27,28)29)32-24(34)30-21-18-16-15-17-20(21)26/h15-18,23H,2-14,19H2,1H3,(H,31,33)(H2,30,32,34)/t23-/m0/s1. The van der Waals surface area contributed by atoms with Crippen LogP contribution in [0.1, 0.15) is 96.8 Å². The number of carbonyl (C=O) groups is 1. The van der Waals surface area contributed by atoms with Gasteiger partial charge in [-0.15, -0.1) is 0 Å². The van der Waals surface area contributed by atoms with Crippen molar-refractivity contribution in [2.45, 2.75) is 107 Å². The number of hydrogen-bond acceptors (Lipinski definition) is 2. The van der Waals surface area contributed by atoms with Crippen molar-refractivity contribution in [1.29, 1.82) is 0 Å². The monoisotopic (exact) mass is 569 g/mol. The Hall–Kier alpha value is -0.460. The summed E-state index contributed by atoms with van der Waals surface area (Å²) in [6, 6.07) is 7.13. The smallest absolute Gasteiger partial charge is 0.228 e. The lowest BCUT2D eigenvalue weighted by Crippen LogP contribution is -2.56. The van der Waals surface area contributed by atoms with Gasteiger partial charge in [-0.3, -0.25) is 4.79 Å². The van der Waals surface area contributed by atoms with E-state index in [2.05, 4.69) is 22.9 Å². The Kier molecular flexibility index (Phi) is 17.4. The highest BCUT2D eigenvalue weighted by atomic mass is 35.6. The van der Waals surface area contributed by atoms with Crippen molar-refractivity contribution in [3.63, 3.8) is 0 Å². The summed E-state index contributed by atoms with van der Waals surface area (Å²) in [5.41, 5.74) is 0.614. The average Bonchev–Trinajstić information content (AvgIpc) is 2.77. The minimum Gasteiger partial charge on any atom is -0.339 e. The molecule has 1 rings (SSSR count). The molecule has 194 valence electrons. The lowest BCUT2D eigenvalue weighted by atomic mass is 10.0. The van der Waals surface area contributed by atoms with Gasteiger partial charge in [-0.05, 0) is 30.8 Å². The minimum absolute atomic E-state index is 0.186. The first-order chi connectivity index (χ1) is 16.2. The van der Waals surface area contributed by atoms with E-state index in [1.807, 2.05) is 12.1 Å². The normalized spacial score (nSPS) is 12.3. The molecule has 0 spiro atoms. The summed E-state index contributed by atoms with van der Waals surface area (Å²) in [7, 11) is 0. The van der Waals surface area contributed by atoms with E-state index in [1.165, 1.54) is 64.2 Å². The minimum atomic E-state index is -1.78. The maximum atomic E-state index is 12.4. The predicted molar refractivity (Wildman–Crippen MR) is 153 cm³/mol. The summed E-state index contributed by atoms with van der Waals surface area (Å²) in [5.74, 6) is -0.188. The zero-order valence-electron chi connectivity index (χ0n) is 20.1. The quantitative estimate of drug-likeness (QED) is 0.0757. The molecule has 4 nitrogen and oxygen atoms in total. The largest absolute Gasteiger partial charge is 0.339 e. The number of alkyl halides is 3. The molecule has 0 unspecified atom stereocenters. The fraction of sp³-hybridized carbons (Fsp3) is 0.680. The van der Waals surface area contributed by atoms with Gasteiger partial charge < -0.3 is 16.0 Å². The third-order valence-corrected chi connectivity index (χ3v) is 6.74. The first-order valence-corrected chi connectivity index (χ1v) is 14.3. The summed E-state index contributed by atoms with van der Waals surface area (Å²) < 4.78 is -1.78. The first kappa shape index (κ1) is 31.6. The third kappa shape index (κ3) is 15.5. The van der Waals surface area contributed by atoms with Crippen LogP contribution in [0.15, 0.2) is 24.3 Å². The zero-order valence-corrected chi connectivity index (χ0v) is 24.0. The summed E-state index contributed by atoms with van der Waals surface area (Å²) >= 11 is 29.6. The number of benzene rings is 1. The van der Waals surface area contributed by atoms with Crippen molar-refractivity contribution in [2.75, 3.05) is 5.32 Å². The van der Waals surface area contributed by atoms with Gasteiger partial charge >= 0.3 is 0 Å². The number of carbonyl (C=O) groups excluding carboxylic acids is 1. The van der Waals surface area contributed by atoms with Crippen molar-refractivity contribution < 1.29 is 4.79 Å². The van der Waals surface area contributed by atoms with E-state index in [9.17, 15) is 4.79 Å². The number of nitrogens with one attached hydrogen (secondary N) is 3. The zero-order chi connectivity index (χ0) is 25.2. The van der Waals surface area contributed by atoms with Crippen molar-refractivity contribution in [2.24, 2.45) is 0 Å². The summed E-state index contributed by atoms with van der Waals surface area (Å²) in [4.78, 5) is 12.4. The Morgan fingerprint density at radius 1 is 0.853 bits per heavy atom. The van der Waals surface area contributed by atoms with Crippen LogP contribution >= 0.6 is 58.6 Å². The van der Waals surface area contributed by atoms with Gasteiger partial charge in [0.2, 0.25) is 9.70 Å². The van der Waals surface area contributed by atoms with Gasteiger partial charge in [0.25, 0.3) is 0 Å². The van der Waals surface area contributed by atoms with Crippen molar-refractivity contribution in [3.8, 4) is 0 Å². The van der Waals surface area contributed by atoms with E-state index in [-0.39, 0.29) is 11.0 Å². The molecule has 1 amide bonds. The molecule has 3 N–H and O–H groups in total. The van der Waals surface area contributed by atoms with Crippen LogP contribution in [-0.4, -0.2) is 21.0 Å². The van der Waals surface area contributed by atoms with E-state index in [1.54, 1.807) is 12.1 Å². The second-order valence-corrected chi connectivity index (χ2v) is 11.8. The van der Waals surface area contributed by atoms with Crippen LogP contribution in [0.25, 0.3) is 0 Å². The van der Waals surface area contributed by atoms with E-state index in [0.717, 1.165) is 19.3 Å². The molecule has 1 aromatic rings. The number of para-hydroxylation sites is 1. The maximum Gasteiger partial charge on any atom is 0.228 e. The van der Waals surface area contributed by atoms with Crippen molar-refractivity contribution in [1.82, 2.24) is 10.6 Å². The molecule has 1 aromatic carbocycles. The molecule has 0 aliphatic heterocycles. The molecule has 34 heavy (non-hydrogen) atoms. The third-order valence-electron chi connectivity index (χ3n) is 5.54. The van der Waals surface area contributed by atoms with Crippen molar-refractivity contribution in [3.05, 3.63) is 29.3 Å². The average molecular weight is 571 g/mol. The highest BCUT2D eigenvalue weighted by Gasteiger charge is 2.34. The second-order valence-electron chi connectivity index (χ2n) is 8.61. The SMILES string of the molecule is CCCCCCCCCCCCCCCC(=O)N[C@@H](NC(=S)Nc1ccccc1Cl)C(Cl)(Cl)Cl. The first-order valence-electron chi connectivity index (χ1n) is 12.4. The molecular weight excluding hydrogens is 532 g/mol. The molecule has 0 heterocycles. The Labute approximate surface area is 231 Å². The van der Waals surface area contributed by atoms with Crippen LogP contribution in [-0.2, 0) is 4.79 Å². The van der Waals surface area contributed by atoms with Gasteiger partial charge in [0.1, 0.15) is 6.17 Å². The molecule has 0 saturated heterocycles. The Morgan fingerprint density at radius 3 is 1.85 bits per heavy atom. The van der Waals surface area contributed by atoms with Crippen LogP contribution < -0.4 is 16.0 Å². The lowest BCUT2D eigenvalue weighted by Gasteiger charge is -2.28. The van der Waals surface area contributed by atoms with Crippen LogP contribution in [0.3, 0.4) is 0 Å². The second kappa shape index (κ2) is 18.8. The molecule has 0 saturated carbocycles. The number of anilines is 1. The Bertz CT molecular complexity index is 716. The molecule has 0 aliphatic rings. The molecule has 0 fully saturated rings. The topological polar surface area (TPSA) is 53.2 Å². The van der Waals surface area contributed by atoms with Gasteiger partial charge in [-0.25, -0.2) is 0 Å². The number of unbranched alkanes of at least 4 members (excludes halogenated alkanes) is 12. The molecule has 0 radical (unpaired) electrons. The summed E-state index contributed by atoms with van der Waals surface area (Å²) in [6.07, 6.45) is 15.7. The van der Waals surface area contributed by atoms with E-state index >= 15 is 0 Å². The molecule has 0 aliphatic carbocycles. The summed E-state index contributed by atoms with van der Waals surface area (Å²) in [6.45, 7) is 2.25. The predicted octanol–water partition coefficient (Wildman–Crippen LogP) is 8.92. The number of hydrogen-bond donors (Lipinski definition) is 3. The fourth-order valence-corrected chi connectivity index (χ4v) is 4.33. The summed E-state index contributed by atoms with van der Waals surface area (Å²) in [5, 5.41) is 9.20. The highest BCUT2D eigenvalue weighted by Crippen LogP contribution is 2.29. The number of rotatable bonds is 17. The van der Waals surface area contributed by atoms with Gasteiger partial charge in [-0.2, -0.15) is 0 Å². The van der Waals surface area contributed by atoms with Gasteiger partial charge in [0.15, 0.2) is 5.11 Å². The van der Waals surface area contributed by atoms with E-state index in [4.69, 9.17) is 58.6 Å². The van der Waals surface area contributed by atoms with Gasteiger partial charge in [0.05, 0.1) is 10.7 Å².